The van der Waals surface area contributed by atoms with Gasteiger partial charge in [-0.3, -0.25) is 4.31 Å². The van der Waals surface area contributed by atoms with Gasteiger partial charge in [-0.15, -0.1) is 0 Å². The molecule has 21 heavy (non-hydrogen) atoms. The van der Waals surface area contributed by atoms with Crippen LogP contribution in [0.5, 0.6) is 0 Å². The Hall–Kier alpha value is -1.67. The molecule has 0 spiro atoms. The maximum Gasteiger partial charge on any atom is 0.268 e. The van der Waals surface area contributed by atoms with Gasteiger partial charge in [-0.2, -0.15) is 0 Å². The van der Waals surface area contributed by atoms with Gasteiger partial charge in [0.25, 0.3) is 10.0 Å². The van der Waals surface area contributed by atoms with E-state index in [4.69, 9.17) is 5.73 Å². The molecular formula is C13H11BrFN3O2S. The molecule has 2 N–H and O–H groups in total. The SMILES string of the molecule is Nc1ncc(Br)cc1S(=O)(=O)N1CCc2ccc(F)cc21. The van der Waals surface area contributed by atoms with Gasteiger partial charge < -0.3 is 5.73 Å². The van der Waals surface area contributed by atoms with Crippen LogP contribution in [0.4, 0.5) is 15.9 Å². The van der Waals surface area contributed by atoms with Crippen LogP contribution in [-0.4, -0.2) is 19.9 Å². The number of hydrogen-bond donors (Lipinski definition) is 1. The number of pyridine rings is 1. The summed E-state index contributed by atoms with van der Waals surface area (Å²) >= 11 is 3.18. The van der Waals surface area contributed by atoms with Gasteiger partial charge >= 0.3 is 0 Å². The molecule has 0 amide bonds. The molecule has 0 aliphatic carbocycles. The molecular weight excluding hydrogens is 361 g/mol. The molecule has 3 rings (SSSR count). The number of nitrogen functional groups attached to an aromatic ring is 1. The molecule has 1 aliphatic rings. The standard InChI is InChI=1S/C13H11BrFN3O2S/c14-9-5-12(13(16)17-7-9)21(19,20)18-4-3-8-1-2-10(15)6-11(8)18/h1-2,5-7H,3-4H2,(H2,16,17). The van der Waals surface area contributed by atoms with Crippen molar-refractivity contribution in [3.05, 3.63) is 46.3 Å². The highest BCUT2D eigenvalue weighted by Crippen LogP contribution is 2.35. The van der Waals surface area contributed by atoms with Gasteiger partial charge in [0.2, 0.25) is 0 Å². The van der Waals surface area contributed by atoms with E-state index in [0.717, 1.165) is 5.56 Å². The highest BCUT2D eigenvalue weighted by atomic mass is 79.9. The van der Waals surface area contributed by atoms with Gasteiger partial charge in [-0.05, 0) is 46.1 Å². The normalized spacial score (nSPS) is 14.3. The van der Waals surface area contributed by atoms with Crippen LogP contribution in [0.1, 0.15) is 5.56 Å². The number of fused-ring (bicyclic) bond motifs is 1. The van der Waals surface area contributed by atoms with Gasteiger partial charge in [-0.1, -0.05) is 6.07 Å². The highest BCUT2D eigenvalue weighted by Gasteiger charge is 2.33. The van der Waals surface area contributed by atoms with E-state index in [9.17, 15) is 12.8 Å². The summed E-state index contributed by atoms with van der Waals surface area (Å²) in [5.41, 5.74) is 6.83. The minimum Gasteiger partial charge on any atom is -0.383 e. The molecule has 1 aromatic heterocycles. The minimum absolute atomic E-state index is 0.0805. The largest absolute Gasteiger partial charge is 0.383 e. The van der Waals surface area contributed by atoms with Crippen LogP contribution < -0.4 is 10.0 Å². The molecule has 2 aromatic rings. The first-order chi connectivity index (χ1) is 9.89. The van der Waals surface area contributed by atoms with Crippen molar-refractivity contribution in [3.8, 4) is 0 Å². The van der Waals surface area contributed by atoms with Gasteiger partial charge in [0.15, 0.2) is 0 Å². The van der Waals surface area contributed by atoms with Crippen molar-refractivity contribution >= 4 is 37.5 Å². The molecule has 0 saturated carbocycles. The predicted octanol–water partition coefficient (Wildman–Crippen LogP) is 2.32. The number of nitrogens with two attached hydrogens (primary N) is 1. The summed E-state index contributed by atoms with van der Waals surface area (Å²) in [4.78, 5) is 3.75. The van der Waals surface area contributed by atoms with E-state index < -0.39 is 15.8 Å². The van der Waals surface area contributed by atoms with E-state index in [1.54, 1.807) is 6.07 Å². The number of aromatic nitrogens is 1. The Labute approximate surface area is 129 Å². The molecule has 0 saturated heterocycles. The fourth-order valence-electron chi connectivity index (χ4n) is 2.33. The Bertz CT molecular complexity index is 826. The van der Waals surface area contributed by atoms with Crippen molar-refractivity contribution < 1.29 is 12.8 Å². The Balaban J connectivity index is 2.13. The zero-order valence-corrected chi connectivity index (χ0v) is 13.2. The molecule has 0 unspecified atom stereocenters. The lowest BCUT2D eigenvalue weighted by atomic mass is 10.2. The predicted molar refractivity (Wildman–Crippen MR) is 81.0 cm³/mol. The lowest BCUT2D eigenvalue weighted by Gasteiger charge is -2.20. The smallest absolute Gasteiger partial charge is 0.268 e. The molecule has 1 aromatic carbocycles. The van der Waals surface area contributed by atoms with Crippen molar-refractivity contribution in [1.82, 2.24) is 4.98 Å². The van der Waals surface area contributed by atoms with Gasteiger partial charge in [-0.25, -0.2) is 17.8 Å². The number of hydrogen-bond acceptors (Lipinski definition) is 4. The van der Waals surface area contributed by atoms with E-state index in [2.05, 4.69) is 20.9 Å². The summed E-state index contributed by atoms with van der Waals surface area (Å²) < 4.78 is 40.6. The molecule has 0 atom stereocenters. The van der Waals surface area contributed by atoms with E-state index in [0.29, 0.717) is 16.6 Å². The Kier molecular flexibility index (Phi) is 3.37. The first-order valence-corrected chi connectivity index (χ1v) is 8.35. The topological polar surface area (TPSA) is 76.3 Å². The maximum atomic E-state index is 13.4. The van der Waals surface area contributed by atoms with E-state index in [-0.39, 0.29) is 17.3 Å². The van der Waals surface area contributed by atoms with Crippen LogP contribution in [0, 0.1) is 5.82 Å². The molecule has 0 bridgehead atoms. The first-order valence-electron chi connectivity index (χ1n) is 6.12. The van der Waals surface area contributed by atoms with Gasteiger partial charge in [0.05, 0.1) is 5.69 Å². The van der Waals surface area contributed by atoms with Crippen LogP contribution >= 0.6 is 15.9 Å². The average Bonchev–Trinajstić information content (AvgIpc) is 2.85. The quantitative estimate of drug-likeness (QED) is 0.878. The van der Waals surface area contributed by atoms with Crippen LogP contribution in [0.15, 0.2) is 39.8 Å². The van der Waals surface area contributed by atoms with Gasteiger partial charge in [0, 0.05) is 17.2 Å². The molecule has 110 valence electrons. The Morgan fingerprint density at radius 3 is 2.86 bits per heavy atom. The van der Waals surface area contributed by atoms with Crippen molar-refractivity contribution in [2.24, 2.45) is 0 Å². The van der Waals surface area contributed by atoms with Crippen LogP contribution in [0.2, 0.25) is 0 Å². The van der Waals surface area contributed by atoms with Gasteiger partial charge in [0.1, 0.15) is 16.5 Å². The summed E-state index contributed by atoms with van der Waals surface area (Å²) in [6, 6.07) is 5.54. The third-order valence-electron chi connectivity index (χ3n) is 3.32. The summed E-state index contributed by atoms with van der Waals surface area (Å²) in [7, 11) is -3.87. The third kappa shape index (κ3) is 2.38. The molecule has 0 radical (unpaired) electrons. The van der Waals surface area contributed by atoms with Crippen molar-refractivity contribution in [2.75, 3.05) is 16.6 Å². The monoisotopic (exact) mass is 371 g/mol. The van der Waals surface area contributed by atoms with Crippen molar-refractivity contribution in [1.29, 1.82) is 0 Å². The lowest BCUT2D eigenvalue weighted by molar-refractivity contribution is 0.592. The summed E-state index contributed by atoms with van der Waals surface area (Å²) in [6.45, 7) is 0.257. The van der Waals surface area contributed by atoms with Crippen molar-refractivity contribution in [2.45, 2.75) is 11.3 Å². The van der Waals surface area contributed by atoms with E-state index in [1.165, 1.54) is 28.7 Å². The second-order valence-corrected chi connectivity index (χ2v) is 7.38. The second-order valence-electron chi connectivity index (χ2n) is 4.64. The molecule has 2 heterocycles. The third-order valence-corrected chi connectivity index (χ3v) is 5.59. The van der Waals surface area contributed by atoms with Crippen molar-refractivity contribution in [3.63, 3.8) is 0 Å². The van der Waals surface area contributed by atoms with E-state index in [1.807, 2.05) is 0 Å². The number of nitrogens with zero attached hydrogens (tertiary/aromatic N) is 2. The number of halogens is 2. The lowest BCUT2D eigenvalue weighted by Crippen LogP contribution is -2.30. The summed E-state index contributed by atoms with van der Waals surface area (Å²) in [6.07, 6.45) is 1.96. The summed E-state index contributed by atoms with van der Waals surface area (Å²) in [5.74, 6) is -0.556. The minimum atomic E-state index is -3.87. The highest BCUT2D eigenvalue weighted by molar-refractivity contribution is 9.10. The van der Waals surface area contributed by atoms with Crippen LogP contribution in [0.3, 0.4) is 0 Å². The molecule has 1 aliphatic heterocycles. The fraction of sp³-hybridized carbons (Fsp3) is 0.154. The number of rotatable bonds is 2. The zero-order valence-electron chi connectivity index (χ0n) is 10.8. The van der Waals surface area contributed by atoms with Crippen LogP contribution in [-0.2, 0) is 16.4 Å². The molecule has 0 fully saturated rings. The first kappa shape index (κ1) is 14.3. The molecule has 8 heteroatoms. The second kappa shape index (κ2) is 4.96. The fourth-order valence-corrected chi connectivity index (χ4v) is 4.40. The zero-order chi connectivity index (χ0) is 15.2. The number of benzene rings is 1. The van der Waals surface area contributed by atoms with E-state index >= 15 is 0 Å². The Morgan fingerprint density at radius 2 is 2.10 bits per heavy atom. The van der Waals surface area contributed by atoms with Crippen LogP contribution in [0.25, 0.3) is 0 Å². The number of anilines is 2. The maximum absolute atomic E-state index is 13.4. The Morgan fingerprint density at radius 1 is 1.33 bits per heavy atom. The average molecular weight is 372 g/mol. The molecule has 5 nitrogen and oxygen atoms in total. The summed E-state index contributed by atoms with van der Waals surface area (Å²) in [5, 5.41) is 0. The number of sulfonamides is 1.